The number of methoxy groups -OCH3 is 1. The molecule has 0 saturated carbocycles. The summed E-state index contributed by atoms with van der Waals surface area (Å²) in [7, 11) is 1.33. The van der Waals surface area contributed by atoms with Crippen LogP contribution in [0.15, 0.2) is 72.8 Å². The lowest BCUT2D eigenvalue weighted by molar-refractivity contribution is -0.138. The summed E-state index contributed by atoms with van der Waals surface area (Å²) in [6, 6.07) is 15.5. The van der Waals surface area contributed by atoms with Gasteiger partial charge in [-0.05, 0) is 41.8 Å². The van der Waals surface area contributed by atoms with Gasteiger partial charge < -0.3 is 20.1 Å². The predicted molar refractivity (Wildman–Crippen MR) is 162 cm³/mol. The van der Waals surface area contributed by atoms with Crippen LogP contribution in [0.5, 0.6) is 5.75 Å². The molecule has 1 atom stereocenters. The summed E-state index contributed by atoms with van der Waals surface area (Å²) >= 11 is 6.60. The molecule has 1 heterocycles. The van der Waals surface area contributed by atoms with Crippen LogP contribution in [0.4, 0.5) is 17.6 Å². The van der Waals surface area contributed by atoms with Gasteiger partial charge in [-0.2, -0.15) is 13.2 Å². The molecule has 12 heteroatoms. The number of fused-ring (bicyclic) bond motifs is 1. The summed E-state index contributed by atoms with van der Waals surface area (Å²) in [5, 5.41) is 13.0. The van der Waals surface area contributed by atoms with E-state index < -0.39 is 35.5 Å². The van der Waals surface area contributed by atoms with Gasteiger partial charge in [0.05, 0.1) is 35.3 Å². The van der Waals surface area contributed by atoms with Gasteiger partial charge in [-0.25, -0.2) is 14.2 Å². The smallest absolute Gasteiger partial charge is 0.416 e. The number of aromatic carboxylic acids is 1. The molecular weight excluding hydrogens is 614 g/mol. The molecule has 0 aliphatic heterocycles. The van der Waals surface area contributed by atoms with E-state index in [0.29, 0.717) is 23.0 Å². The van der Waals surface area contributed by atoms with Crippen molar-refractivity contribution in [2.24, 2.45) is 0 Å². The third kappa shape index (κ3) is 6.34. The lowest BCUT2D eigenvalue weighted by atomic mass is 9.92. The number of carbonyl (C=O) groups excluding carboxylic acids is 1. The van der Waals surface area contributed by atoms with E-state index in [4.69, 9.17) is 16.3 Å². The first kappa shape index (κ1) is 31.5. The lowest BCUT2D eigenvalue weighted by Gasteiger charge is -2.23. The number of benzene rings is 4. The molecule has 0 aliphatic carbocycles. The molecule has 0 bridgehead atoms. The van der Waals surface area contributed by atoms with Crippen molar-refractivity contribution in [2.75, 3.05) is 7.11 Å². The number of carboxylic acids is 1. The van der Waals surface area contributed by atoms with E-state index in [1.807, 2.05) is 0 Å². The highest BCUT2D eigenvalue weighted by atomic mass is 35.5. The van der Waals surface area contributed by atoms with Crippen LogP contribution in [0.1, 0.15) is 57.7 Å². The molecule has 0 unspecified atom stereocenters. The zero-order valence-electron chi connectivity index (χ0n) is 23.9. The first-order chi connectivity index (χ1) is 21.4. The van der Waals surface area contributed by atoms with Crippen molar-refractivity contribution in [3.05, 3.63) is 106 Å². The van der Waals surface area contributed by atoms with E-state index in [1.54, 1.807) is 25.1 Å². The van der Waals surface area contributed by atoms with E-state index in [1.165, 1.54) is 49.6 Å². The molecule has 0 fully saturated rings. The highest BCUT2D eigenvalue weighted by Gasteiger charge is 2.35. The molecule has 45 heavy (non-hydrogen) atoms. The number of amides is 1. The minimum absolute atomic E-state index is 0.00281. The number of nitrogens with zero attached hydrogens (tertiary/aromatic N) is 1. The van der Waals surface area contributed by atoms with Crippen molar-refractivity contribution in [2.45, 2.75) is 32.0 Å². The highest BCUT2D eigenvalue weighted by Crippen LogP contribution is 2.40. The fraction of sp³-hybridized carbons (Fsp3) is 0.182. The van der Waals surface area contributed by atoms with Gasteiger partial charge in [-0.15, -0.1) is 0 Å². The molecule has 0 spiro atoms. The number of halogens is 5. The summed E-state index contributed by atoms with van der Waals surface area (Å²) < 4.78 is 60.6. The van der Waals surface area contributed by atoms with Crippen LogP contribution in [0, 0.1) is 5.82 Å². The Morgan fingerprint density at radius 3 is 2.49 bits per heavy atom. The topological polar surface area (TPSA) is 104 Å². The van der Waals surface area contributed by atoms with Gasteiger partial charge in [0.2, 0.25) is 0 Å². The van der Waals surface area contributed by atoms with E-state index in [0.717, 1.165) is 12.1 Å². The van der Waals surface area contributed by atoms with Gasteiger partial charge in [0.15, 0.2) is 11.6 Å². The summed E-state index contributed by atoms with van der Waals surface area (Å²) in [6.07, 6.45) is -3.93. The van der Waals surface area contributed by atoms with Crippen molar-refractivity contribution >= 4 is 34.5 Å². The number of imidazole rings is 1. The number of alkyl halides is 3. The summed E-state index contributed by atoms with van der Waals surface area (Å²) in [4.78, 5) is 33.4. The van der Waals surface area contributed by atoms with Crippen LogP contribution in [0.2, 0.25) is 5.02 Å². The van der Waals surface area contributed by atoms with Gasteiger partial charge in [0.1, 0.15) is 5.82 Å². The van der Waals surface area contributed by atoms with Gasteiger partial charge in [-0.3, -0.25) is 4.79 Å². The van der Waals surface area contributed by atoms with Crippen molar-refractivity contribution in [3.8, 4) is 28.3 Å². The van der Waals surface area contributed by atoms with E-state index >= 15 is 0 Å². The number of aromatic amines is 1. The second-order valence-electron chi connectivity index (χ2n) is 10.2. The highest BCUT2D eigenvalue weighted by molar-refractivity contribution is 6.34. The maximum Gasteiger partial charge on any atom is 0.416 e. The van der Waals surface area contributed by atoms with Crippen molar-refractivity contribution in [1.29, 1.82) is 0 Å². The van der Waals surface area contributed by atoms with Crippen LogP contribution >= 0.6 is 11.6 Å². The standard InChI is InChI=1S/C33H26ClF4N3O4/c1-3-7-25(19-8-4-5-10-22(19)33(36,37)38)41-31(42)17-12-13-18(21(14-17)32(43)44)29-20(9-6-11-23(29)34)30-39-26-15-24(35)28(45-2)16-27(26)40-30/h4-6,8-16,25H,3,7H2,1-2H3,(H,39,40)(H,41,42)(H,43,44)/t25-/m0/s1. The van der Waals surface area contributed by atoms with Crippen LogP contribution in [0.25, 0.3) is 33.5 Å². The summed E-state index contributed by atoms with van der Waals surface area (Å²) in [5.74, 6) is -2.44. The largest absolute Gasteiger partial charge is 0.494 e. The van der Waals surface area contributed by atoms with Crippen molar-refractivity contribution < 1.29 is 37.0 Å². The van der Waals surface area contributed by atoms with Crippen LogP contribution in [0.3, 0.4) is 0 Å². The Hall–Kier alpha value is -4.90. The molecule has 1 aromatic heterocycles. The van der Waals surface area contributed by atoms with Crippen LogP contribution in [-0.2, 0) is 6.18 Å². The third-order valence-corrected chi connectivity index (χ3v) is 7.64. The Labute approximate surface area is 259 Å². The van der Waals surface area contributed by atoms with E-state index in [-0.39, 0.29) is 50.8 Å². The Kier molecular flexibility index (Phi) is 8.83. The molecular formula is C33H26ClF4N3O4. The molecule has 7 nitrogen and oxygen atoms in total. The lowest BCUT2D eigenvalue weighted by Crippen LogP contribution is -2.30. The van der Waals surface area contributed by atoms with Crippen molar-refractivity contribution in [3.63, 3.8) is 0 Å². The fourth-order valence-corrected chi connectivity index (χ4v) is 5.54. The first-order valence-electron chi connectivity index (χ1n) is 13.8. The van der Waals surface area contributed by atoms with Gasteiger partial charge >= 0.3 is 12.1 Å². The molecule has 232 valence electrons. The molecule has 0 aliphatic rings. The number of rotatable bonds is 9. The average molecular weight is 640 g/mol. The van der Waals surface area contributed by atoms with Gasteiger partial charge in [0.25, 0.3) is 5.91 Å². The molecule has 4 aromatic carbocycles. The maximum atomic E-state index is 14.3. The zero-order chi connectivity index (χ0) is 32.5. The molecule has 5 aromatic rings. The predicted octanol–water partition coefficient (Wildman–Crippen LogP) is 8.69. The molecule has 3 N–H and O–H groups in total. The third-order valence-electron chi connectivity index (χ3n) is 7.33. The Morgan fingerprint density at radius 1 is 1.04 bits per heavy atom. The normalized spacial score (nSPS) is 12.2. The molecule has 5 rings (SSSR count). The second kappa shape index (κ2) is 12.6. The molecule has 1 amide bonds. The number of H-pyrrole nitrogens is 1. The molecule has 0 radical (unpaired) electrons. The van der Waals surface area contributed by atoms with E-state index in [2.05, 4.69) is 15.3 Å². The van der Waals surface area contributed by atoms with Crippen molar-refractivity contribution in [1.82, 2.24) is 15.3 Å². The average Bonchev–Trinajstić information content (AvgIpc) is 3.42. The Balaban J connectivity index is 1.55. The molecule has 0 saturated heterocycles. The maximum absolute atomic E-state index is 14.3. The quantitative estimate of drug-likeness (QED) is 0.140. The van der Waals surface area contributed by atoms with Gasteiger partial charge in [-0.1, -0.05) is 61.3 Å². The minimum atomic E-state index is -4.63. The summed E-state index contributed by atoms with van der Waals surface area (Å²) in [5.41, 5.74) is 0.341. The monoisotopic (exact) mass is 639 g/mol. The second-order valence-corrected chi connectivity index (χ2v) is 10.6. The number of nitrogens with one attached hydrogen (secondary N) is 2. The minimum Gasteiger partial charge on any atom is -0.494 e. The van der Waals surface area contributed by atoms with Crippen LogP contribution in [-0.4, -0.2) is 34.1 Å². The van der Waals surface area contributed by atoms with E-state index in [9.17, 15) is 32.3 Å². The zero-order valence-corrected chi connectivity index (χ0v) is 24.7. The first-order valence-corrected chi connectivity index (χ1v) is 14.2. The Bertz CT molecular complexity index is 1920. The number of carbonyl (C=O) groups is 2. The number of aromatic nitrogens is 2. The van der Waals surface area contributed by atoms with Crippen LogP contribution < -0.4 is 10.1 Å². The van der Waals surface area contributed by atoms with Gasteiger partial charge in [0, 0.05) is 33.8 Å². The number of ether oxygens (including phenoxy) is 1. The number of carboxylic acid groups (broad SMARTS) is 1. The SMILES string of the molecule is CCC[C@H](NC(=O)c1ccc(-c2c(Cl)cccc2-c2nc3cc(OC)c(F)cc3[nH]2)c(C(=O)O)c1)c1ccccc1C(F)(F)F. The Morgan fingerprint density at radius 2 is 1.80 bits per heavy atom. The number of hydrogen-bond acceptors (Lipinski definition) is 4. The number of hydrogen-bond donors (Lipinski definition) is 3. The fourth-order valence-electron chi connectivity index (χ4n) is 5.27. The summed E-state index contributed by atoms with van der Waals surface area (Å²) in [6.45, 7) is 1.78.